The van der Waals surface area contributed by atoms with Crippen molar-refractivity contribution in [2.24, 2.45) is 11.8 Å². The van der Waals surface area contributed by atoms with E-state index >= 15 is 0 Å². The van der Waals surface area contributed by atoms with E-state index in [4.69, 9.17) is 4.74 Å². The van der Waals surface area contributed by atoms with E-state index in [-0.39, 0.29) is 0 Å². The molecule has 2 heterocycles. The van der Waals surface area contributed by atoms with Gasteiger partial charge >= 0.3 is 0 Å². The van der Waals surface area contributed by atoms with E-state index in [1.807, 2.05) is 0 Å². The van der Waals surface area contributed by atoms with Crippen LogP contribution in [0.15, 0.2) is 0 Å². The Kier molecular flexibility index (Phi) is 5.23. The average molecular weight is 294 g/mol. The molecule has 122 valence electrons. The van der Waals surface area contributed by atoms with Crippen LogP contribution in [0.5, 0.6) is 0 Å². The molecule has 1 aliphatic carbocycles. The van der Waals surface area contributed by atoms with Crippen molar-refractivity contribution in [2.45, 2.75) is 70.4 Å². The van der Waals surface area contributed by atoms with Gasteiger partial charge in [-0.2, -0.15) is 0 Å². The Balaban J connectivity index is 1.63. The molecular weight excluding hydrogens is 260 g/mol. The molecule has 1 N–H and O–H groups in total. The smallest absolute Gasteiger partial charge is 0.0507 e. The van der Waals surface area contributed by atoms with Crippen molar-refractivity contribution in [1.82, 2.24) is 10.2 Å². The summed E-state index contributed by atoms with van der Waals surface area (Å²) in [7, 11) is 0. The van der Waals surface area contributed by atoms with Crippen LogP contribution in [0, 0.1) is 11.8 Å². The Morgan fingerprint density at radius 2 is 2.00 bits per heavy atom. The summed E-state index contributed by atoms with van der Waals surface area (Å²) >= 11 is 0. The molecule has 3 heteroatoms. The summed E-state index contributed by atoms with van der Waals surface area (Å²) in [4.78, 5) is 2.81. The number of piperazine rings is 1. The predicted octanol–water partition coefficient (Wildman–Crippen LogP) is 3.05. The van der Waals surface area contributed by atoms with E-state index in [2.05, 4.69) is 24.1 Å². The molecular formula is C18H34N2O. The van der Waals surface area contributed by atoms with Gasteiger partial charge in [-0.05, 0) is 44.4 Å². The quantitative estimate of drug-likeness (QED) is 0.862. The molecule has 0 aromatic heterocycles. The third-order valence-electron chi connectivity index (χ3n) is 6.41. The first-order valence-corrected chi connectivity index (χ1v) is 9.27. The lowest BCUT2D eigenvalue weighted by molar-refractivity contribution is 0.0162. The largest absolute Gasteiger partial charge is 0.381 e. The molecule has 3 fully saturated rings. The predicted molar refractivity (Wildman–Crippen MR) is 87.6 cm³/mol. The van der Waals surface area contributed by atoms with Crippen molar-refractivity contribution in [3.8, 4) is 0 Å². The van der Waals surface area contributed by atoms with Gasteiger partial charge in [-0.3, -0.25) is 4.90 Å². The van der Waals surface area contributed by atoms with Gasteiger partial charge in [0.15, 0.2) is 0 Å². The van der Waals surface area contributed by atoms with E-state index in [0.29, 0.717) is 5.54 Å². The molecule has 2 aliphatic heterocycles. The average Bonchev–Trinajstić information content (AvgIpc) is 3.03. The summed E-state index contributed by atoms with van der Waals surface area (Å²) < 4.78 is 5.60. The molecule has 2 saturated heterocycles. The van der Waals surface area contributed by atoms with Crippen LogP contribution in [-0.4, -0.2) is 49.3 Å². The van der Waals surface area contributed by atoms with Crippen molar-refractivity contribution < 1.29 is 4.74 Å². The Morgan fingerprint density at radius 3 is 2.67 bits per heavy atom. The van der Waals surface area contributed by atoms with E-state index in [0.717, 1.165) is 37.6 Å². The van der Waals surface area contributed by atoms with Gasteiger partial charge in [0.25, 0.3) is 0 Å². The van der Waals surface area contributed by atoms with E-state index in [9.17, 15) is 0 Å². The molecule has 0 bridgehead atoms. The number of nitrogens with zero attached hydrogens (tertiary/aromatic N) is 1. The normalized spacial score (nSPS) is 39.7. The topological polar surface area (TPSA) is 24.5 Å². The number of hydrogen-bond donors (Lipinski definition) is 1. The highest BCUT2D eigenvalue weighted by atomic mass is 16.5. The zero-order valence-corrected chi connectivity index (χ0v) is 14.1. The minimum Gasteiger partial charge on any atom is -0.381 e. The number of rotatable bonds is 4. The fourth-order valence-electron chi connectivity index (χ4n) is 4.52. The van der Waals surface area contributed by atoms with Crippen molar-refractivity contribution in [2.75, 3.05) is 32.8 Å². The minimum atomic E-state index is 0.341. The Morgan fingerprint density at radius 1 is 1.19 bits per heavy atom. The molecule has 0 aromatic carbocycles. The lowest BCUT2D eigenvalue weighted by atomic mass is 9.80. The number of nitrogens with one attached hydrogen (secondary N) is 1. The maximum absolute atomic E-state index is 5.60. The molecule has 0 aromatic rings. The van der Waals surface area contributed by atoms with E-state index in [1.165, 1.54) is 58.0 Å². The lowest BCUT2D eigenvalue weighted by Gasteiger charge is -2.50. The van der Waals surface area contributed by atoms with E-state index < -0.39 is 0 Å². The van der Waals surface area contributed by atoms with Crippen LogP contribution in [-0.2, 0) is 4.74 Å². The van der Waals surface area contributed by atoms with Gasteiger partial charge in [-0.15, -0.1) is 0 Å². The Hall–Kier alpha value is -0.120. The van der Waals surface area contributed by atoms with Crippen LogP contribution in [0.3, 0.4) is 0 Å². The standard InChI is InChI=1S/C18H34N2O/c1-3-18(2)14-19-17(16-7-5-4-6-8-16)12-20(18)11-15-9-10-21-13-15/h15-17,19H,3-14H2,1-2H3. The van der Waals surface area contributed by atoms with Gasteiger partial charge in [0.2, 0.25) is 0 Å². The van der Waals surface area contributed by atoms with Crippen molar-refractivity contribution in [3.05, 3.63) is 0 Å². The maximum atomic E-state index is 5.60. The summed E-state index contributed by atoms with van der Waals surface area (Å²) in [6.07, 6.45) is 9.75. The summed E-state index contributed by atoms with van der Waals surface area (Å²) in [5.41, 5.74) is 0.341. The van der Waals surface area contributed by atoms with Crippen LogP contribution in [0.1, 0.15) is 58.8 Å². The van der Waals surface area contributed by atoms with Gasteiger partial charge < -0.3 is 10.1 Å². The van der Waals surface area contributed by atoms with Gasteiger partial charge in [-0.25, -0.2) is 0 Å². The van der Waals surface area contributed by atoms with E-state index in [1.54, 1.807) is 0 Å². The highest BCUT2D eigenvalue weighted by Crippen LogP contribution is 2.32. The zero-order chi connectivity index (χ0) is 14.7. The fourth-order valence-corrected chi connectivity index (χ4v) is 4.52. The summed E-state index contributed by atoms with van der Waals surface area (Å²) in [6, 6.07) is 0.729. The van der Waals surface area contributed by atoms with Crippen molar-refractivity contribution in [3.63, 3.8) is 0 Å². The minimum absolute atomic E-state index is 0.341. The van der Waals surface area contributed by atoms with Gasteiger partial charge in [-0.1, -0.05) is 26.2 Å². The van der Waals surface area contributed by atoms with Crippen LogP contribution < -0.4 is 5.32 Å². The third-order valence-corrected chi connectivity index (χ3v) is 6.41. The highest BCUT2D eigenvalue weighted by molar-refractivity contribution is 4.98. The summed E-state index contributed by atoms with van der Waals surface area (Å²) in [6.45, 7) is 10.4. The second kappa shape index (κ2) is 6.97. The molecule has 3 aliphatic rings. The zero-order valence-electron chi connectivity index (χ0n) is 14.1. The number of ether oxygens (including phenoxy) is 1. The fraction of sp³-hybridized carbons (Fsp3) is 1.00. The summed E-state index contributed by atoms with van der Waals surface area (Å²) in [5, 5.41) is 3.91. The first-order valence-electron chi connectivity index (χ1n) is 9.27. The molecule has 0 spiro atoms. The molecule has 0 radical (unpaired) electrons. The van der Waals surface area contributed by atoms with Crippen LogP contribution in [0.2, 0.25) is 0 Å². The second-order valence-corrected chi connectivity index (χ2v) is 7.87. The Labute approximate surface area is 130 Å². The maximum Gasteiger partial charge on any atom is 0.0507 e. The molecule has 3 unspecified atom stereocenters. The third kappa shape index (κ3) is 3.62. The molecule has 1 saturated carbocycles. The monoisotopic (exact) mass is 294 g/mol. The molecule has 3 rings (SSSR count). The molecule has 21 heavy (non-hydrogen) atoms. The first kappa shape index (κ1) is 15.8. The summed E-state index contributed by atoms with van der Waals surface area (Å²) in [5.74, 6) is 1.68. The lowest BCUT2D eigenvalue weighted by Crippen LogP contribution is -2.65. The first-order chi connectivity index (χ1) is 10.2. The van der Waals surface area contributed by atoms with Gasteiger partial charge in [0.1, 0.15) is 0 Å². The number of hydrogen-bond acceptors (Lipinski definition) is 3. The SMILES string of the molecule is CCC1(C)CNC(C2CCCCC2)CN1CC1CCOC1. The van der Waals surface area contributed by atoms with Gasteiger partial charge in [0.05, 0.1) is 6.61 Å². The van der Waals surface area contributed by atoms with Crippen molar-refractivity contribution >= 4 is 0 Å². The molecule has 3 nitrogen and oxygen atoms in total. The van der Waals surface area contributed by atoms with Gasteiger partial charge in [0, 0.05) is 37.8 Å². The Bertz CT molecular complexity index is 323. The van der Waals surface area contributed by atoms with Crippen LogP contribution in [0.4, 0.5) is 0 Å². The molecule has 3 atom stereocenters. The molecule has 0 amide bonds. The van der Waals surface area contributed by atoms with Crippen molar-refractivity contribution in [1.29, 1.82) is 0 Å². The highest BCUT2D eigenvalue weighted by Gasteiger charge is 2.40. The van der Waals surface area contributed by atoms with Crippen LogP contribution in [0.25, 0.3) is 0 Å². The second-order valence-electron chi connectivity index (χ2n) is 7.87. The van der Waals surface area contributed by atoms with Crippen LogP contribution >= 0.6 is 0 Å².